The van der Waals surface area contributed by atoms with E-state index in [1.165, 1.54) is 18.2 Å². The molecule has 1 aromatic carbocycles. The zero-order chi connectivity index (χ0) is 21.3. The van der Waals surface area contributed by atoms with Gasteiger partial charge >= 0.3 is 6.61 Å². The third-order valence-corrected chi connectivity index (χ3v) is 4.84. The fraction of sp³-hybridized carbons (Fsp3) is 0.429. The molecule has 1 aliphatic heterocycles. The molecule has 0 spiro atoms. The zero-order valence-electron chi connectivity index (χ0n) is 17.2. The van der Waals surface area contributed by atoms with E-state index < -0.39 is 12.4 Å². The number of hydrogen-bond donors (Lipinski definition) is 2. The van der Waals surface area contributed by atoms with E-state index >= 15 is 0 Å². The number of aromatic nitrogens is 1. The molecule has 0 saturated carbocycles. The van der Waals surface area contributed by atoms with Crippen LogP contribution >= 0.6 is 24.0 Å². The molecule has 10 heteroatoms. The van der Waals surface area contributed by atoms with E-state index in [4.69, 9.17) is 0 Å². The number of alkyl halides is 2. The van der Waals surface area contributed by atoms with Crippen LogP contribution in [0.1, 0.15) is 25.3 Å². The van der Waals surface area contributed by atoms with Gasteiger partial charge < -0.3 is 20.3 Å². The standard InChI is InChI=1S/C21H26F3N5O.HI/c1-2-25-21(27-14-16-17(22)6-5-7-18(16)30-20(23)24)28-15-9-12-29(13-10-15)19-8-3-4-11-26-19;/h3-8,11,15,20H,2,9-10,12-14H2,1H3,(H2,25,27,28);1H. The number of pyridine rings is 1. The largest absolute Gasteiger partial charge is 0.434 e. The molecule has 1 aliphatic rings. The van der Waals surface area contributed by atoms with Gasteiger partial charge in [-0.3, -0.25) is 0 Å². The average Bonchev–Trinajstić information content (AvgIpc) is 2.74. The lowest BCUT2D eigenvalue weighted by Crippen LogP contribution is -2.48. The van der Waals surface area contributed by atoms with Crippen LogP contribution in [0.3, 0.4) is 0 Å². The Morgan fingerprint density at radius 1 is 1.23 bits per heavy atom. The van der Waals surface area contributed by atoms with Crippen molar-refractivity contribution in [2.45, 2.75) is 39.0 Å². The molecule has 1 fully saturated rings. The van der Waals surface area contributed by atoms with Gasteiger partial charge in [0.1, 0.15) is 17.4 Å². The lowest BCUT2D eigenvalue weighted by atomic mass is 10.1. The molecule has 3 rings (SSSR count). The van der Waals surface area contributed by atoms with Crippen LogP contribution in [0.15, 0.2) is 47.6 Å². The lowest BCUT2D eigenvalue weighted by molar-refractivity contribution is -0.0506. The van der Waals surface area contributed by atoms with Gasteiger partial charge in [-0.25, -0.2) is 14.4 Å². The molecule has 31 heavy (non-hydrogen) atoms. The van der Waals surface area contributed by atoms with Crippen LogP contribution in [0.4, 0.5) is 19.0 Å². The molecule has 2 aromatic rings. The molecular weight excluding hydrogens is 522 g/mol. The minimum absolute atomic E-state index is 0. The van der Waals surface area contributed by atoms with Crippen molar-refractivity contribution in [3.05, 3.63) is 54.0 Å². The van der Waals surface area contributed by atoms with Gasteiger partial charge in [0.2, 0.25) is 0 Å². The Labute approximate surface area is 197 Å². The van der Waals surface area contributed by atoms with Gasteiger partial charge in [0.25, 0.3) is 0 Å². The first-order chi connectivity index (χ1) is 14.6. The highest BCUT2D eigenvalue weighted by Crippen LogP contribution is 2.24. The fourth-order valence-electron chi connectivity index (χ4n) is 3.36. The monoisotopic (exact) mass is 549 g/mol. The predicted molar refractivity (Wildman–Crippen MR) is 126 cm³/mol. The number of hydrogen-bond acceptors (Lipinski definition) is 4. The van der Waals surface area contributed by atoms with Crippen LogP contribution in [-0.2, 0) is 6.54 Å². The Kier molecular flexibility index (Phi) is 10.2. The molecule has 2 N–H and O–H groups in total. The number of aliphatic imine (C=N–C) groups is 1. The topological polar surface area (TPSA) is 61.8 Å². The van der Waals surface area contributed by atoms with Gasteiger partial charge in [-0.05, 0) is 44.0 Å². The fourth-order valence-corrected chi connectivity index (χ4v) is 3.36. The van der Waals surface area contributed by atoms with Crippen molar-refractivity contribution in [2.24, 2.45) is 4.99 Å². The van der Waals surface area contributed by atoms with Crippen molar-refractivity contribution in [1.29, 1.82) is 0 Å². The van der Waals surface area contributed by atoms with E-state index in [0.29, 0.717) is 12.5 Å². The maximum atomic E-state index is 14.2. The van der Waals surface area contributed by atoms with Crippen LogP contribution < -0.4 is 20.3 Å². The Morgan fingerprint density at radius 3 is 2.65 bits per heavy atom. The van der Waals surface area contributed by atoms with Crippen LogP contribution in [0, 0.1) is 5.82 Å². The quantitative estimate of drug-likeness (QED) is 0.309. The number of benzene rings is 1. The van der Waals surface area contributed by atoms with E-state index in [0.717, 1.165) is 31.7 Å². The first-order valence-corrected chi connectivity index (χ1v) is 10.00. The highest BCUT2D eigenvalue weighted by molar-refractivity contribution is 14.0. The number of rotatable bonds is 7. The summed E-state index contributed by atoms with van der Waals surface area (Å²) in [6.07, 6.45) is 3.56. The summed E-state index contributed by atoms with van der Waals surface area (Å²) in [6.45, 7) is 1.12. The van der Waals surface area contributed by atoms with E-state index in [2.05, 4.69) is 30.2 Å². The highest BCUT2D eigenvalue weighted by atomic mass is 127. The predicted octanol–water partition coefficient (Wildman–Crippen LogP) is 4.16. The van der Waals surface area contributed by atoms with Crippen molar-refractivity contribution < 1.29 is 17.9 Å². The van der Waals surface area contributed by atoms with Gasteiger partial charge in [-0.15, -0.1) is 24.0 Å². The second kappa shape index (κ2) is 12.6. The number of halogens is 4. The molecule has 0 unspecified atom stereocenters. The highest BCUT2D eigenvalue weighted by Gasteiger charge is 2.21. The molecule has 0 radical (unpaired) electrons. The minimum atomic E-state index is -3.02. The molecule has 0 atom stereocenters. The van der Waals surface area contributed by atoms with Crippen molar-refractivity contribution in [1.82, 2.24) is 15.6 Å². The van der Waals surface area contributed by atoms with E-state index in [9.17, 15) is 13.2 Å². The lowest BCUT2D eigenvalue weighted by Gasteiger charge is -2.33. The summed E-state index contributed by atoms with van der Waals surface area (Å²) in [5.74, 6) is 0.646. The van der Waals surface area contributed by atoms with E-state index in [-0.39, 0.29) is 47.9 Å². The van der Waals surface area contributed by atoms with Gasteiger partial charge in [-0.1, -0.05) is 12.1 Å². The molecule has 1 saturated heterocycles. The number of nitrogens with zero attached hydrogens (tertiary/aromatic N) is 3. The number of anilines is 1. The molecule has 1 aromatic heterocycles. The summed E-state index contributed by atoms with van der Waals surface area (Å²) in [4.78, 5) is 11.0. The summed E-state index contributed by atoms with van der Waals surface area (Å²) in [7, 11) is 0. The Hall–Kier alpha value is -2.24. The molecule has 0 bridgehead atoms. The summed E-state index contributed by atoms with van der Waals surface area (Å²) in [5.41, 5.74) is -0.0000238. The SMILES string of the molecule is CCNC(=NCc1c(F)cccc1OC(F)F)NC1CCN(c2ccccn2)CC1.I. The molecule has 6 nitrogen and oxygen atoms in total. The Balaban J connectivity index is 0.00000341. The first-order valence-electron chi connectivity index (χ1n) is 10.00. The van der Waals surface area contributed by atoms with E-state index in [1.807, 2.05) is 25.1 Å². The second-order valence-electron chi connectivity index (χ2n) is 6.88. The second-order valence-corrected chi connectivity index (χ2v) is 6.88. The minimum Gasteiger partial charge on any atom is -0.434 e. The summed E-state index contributed by atoms with van der Waals surface area (Å²) < 4.78 is 43.8. The maximum Gasteiger partial charge on any atom is 0.387 e. The molecule has 0 aliphatic carbocycles. The van der Waals surface area contributed by atoms with Crippen LogP contribution in [0.5, 0.6) is 5.75 Å². The summed E-state index contributed by atoms with van der Waals surface area (Å²) >= 11 is 0. The van der Waals surface area contributed by atoms with Crippen LogP contribution in [-0.4, -0.2) is 43.2 Å². The van der Waals surface area contributed by atoms with Gasteiger partial charge in [0, 0.05) is 31.9 Å². The first kappa shape index (κ1) is 25.0. The average molecular weight is 549 g/mol. The third kappa shape index (κ3) is 7.44. The number of nitrogens with one attached hydrogen (secondary N) is 2. The van der Waals surface area contributed by atoms with Gasteiger partial charge in [-0.2, -0.15) is 8.78 Å². The normalized spacial score (nSPS) is 14.9. The number of ether oxygens (including phenoxy) is 1. The van der Waals surface area contributed by atoms with Crippen molar-refractivity contribution in [3.8, 4) is 5.75 Å². The van der Waals surface area contributed by atoms with Crippen LogP contribution in [0.25, 0.3) is 0 Å². The molecule has 170 valence electrons. The zero-order valence-corrected chi connectivity index (χ0v) is 19.6. The van der Waals surface area contributed by atoms with E-state index in [1.54, 1.807) is 6.20 Å². The van der Waals surface area contributed by atoms with Gasteiger partial charge in [0.05, 0.1) is 12.1 Å². The van der Waals surface area contributed by atoms with Gasteiger partial charge in [0.15, 0.2) is 5.96 Å². The van der Waals surface area contributed by atoms with Crippen molar-refractivity contribution in [3.63, 3.8) is 0 Å². The molecule has 0 amide bonds. The molecular formula is C21H27F3IN5O. The van der Waals surface area contributed by atoms with Crippen molar-refractivity contribution in [2.75, 3.05) is 24.5 Å². The molecule has 2 heterocycles. The smallest absolute Gasteiger partial charge is 0.387 e. The summed E-state index contributed by atoms with van der Waals surface area (Å²) in [5, 5.41) is 6.48. The Morgan fingerprint density at radius 2 is 2.00 bits per heavy atom. The number of guanidine groups is 1. The van der Waals surface area contributed by atoms with Crippen molar-refractivity contribution >= 4 is 35.8 Å². The third-order valence-electron chi connectivity index (χ3n) is 4.84. The maximum absolute atomic E-state index is 14.2. The van der Waals surface area contributed by atoms with Crippen LogP contribution in [0.2, 0.25) is 0 Å². The Bertz CT molecular complexity index is 833. The summed E-state index contributed by atoms with van der Waals surface area (Å²) in [6, 6.07) is 9.90. The number of piperidine rings is 1.